The van der Waals surface area contributed by atoms with Gasteiger partial charge in [0.1, 0.15) is 0 Å². The van der Waals surface area contributed by atoms with Gasteiger partial charge in [0.25, 0.3) is 0 Å². The van der Waals surface area contributed by atoms with Crippen LogP contribution in [0.2, 0.25) is 5.02 Å². The van der Waals surface area contributed by atoms with Gasteiger partial charge in [-0.15, -0.1) is 0 Å². The maximum atomic E-state index is 12.6. The number of benzene rings is 2. The van der Waals surface area contributed by atoms with E-state index in [9.17, 15) is 22.8 Å². The Labute approximate surface area is 170 Å². The fraction of sp³-hybridized carbons (Fsp3) is 0.222. The topological polar surface area (TPSA) is 66.4 Å². The van der Waals surface area contributed by atoms with Crippen molar-refractivity contribution in [1.82, 2.24) is 0 Å². The molecule has 4 nitrogen and oxygen atoms in total. The molecular formula is C18H16ClF3LiNO3. The number of carbonyl (C=O) groups is 2. The molecule has 2 aromatic rings. The predicted molar refractivity (Wildman–Crippen MR) is 98.5 cm³/mol. The van der Waals surface area contributed by atoms with Crippen LogP contribution in [-0.2, 0) is 17.4 Å². The Hall–Kier alpha value is -1.94. The summed E-state index contributed by atoms with van der Waals surface area (Å²) in [5, 5.41) is 11.9. The van der Waals surface area contributed by atoms with Crippen LogP contribution in [0.4, 0.5) is 18.9 Å². The summed E-state index contributed by atoms with van der Waals surface area (Å²) in [5.41, 5.74) is -0.243. The molecule has 0 aliphatic carbocycles. The molecule has 9 heteroatoms. The van der Waals surface area contributed by atoms with E-state index < -0.39 is 29.5 Å². The molecule has 0 aliphatic heterocycles. The number of alkyl halides is 3. The van der Waals surface area contributed by atoms with Crippen LogP contribution in [-0.4, -0.2) is 35.8 Å². The van der Waals surface area contributed by atoms with Gasteiger partial charge >= 0.3 is 31.0 Å². The minimum atomic E-state index is -4.42. The van der Waals surface area contributed by atoms with Crippen LogP contribution in [0.15, 0.2) is 42.5 Å². The number of carbonyl (C=O) groups excluding carboxylic acids is 1. The number of hydrogen-bond acceptors (Lipinski definition) is 2. The van der Waals surface area contributed by atoms with E-state index in [1.54, 1.807) is 6.92 Å². The minimum absolute atomic E-state index is 0. The zero-order valence-electron chi connectivity index (χ0n) is 13.6. The molecule has 27 heavy (non-hydrogen) atoms. The second-order valence-electron chi connectivity index (χ2n) is 5.78. The van der Waals surface area contributed by atoms with Gasteiger partial charge in [0, 0.05) is 10.9 Å². The van der Waals surface area contributed by atoms with E-state index >= 15 is 0 Å². The van der Waals surface area contributed by atoms with E-state index in [2.05, 4.69) is 5.32 Å². The van der Waals surface area contributed by atoms with Crippen LogP contribution in [0.1, 0.15) is 28.4 Å². The van der Waals surface area contributed by atoms with Gasteiger partial charge in [0.2, 0.25) is 5.91 Å². The molecule has 0 bridgehead atoms. The van der Waals surface area contributed by atoms with Crippen LogP contribution >= 0.6 is 11.6 Å². The molecule has 1 amide bonds. The fourth-order valence-corrected chi connectivity index (χ4v) is 2.51. The van der Waals surface area contributed by atoms with Gasteiger partial charge in [-0.05, 0) is 42.3 Å². The summed E-state index contributed by atoms with van der Waals surface area (Å²) in [4.78, 5) is 23.5. The molecule has 0 spiro atoms. The van der Waals surface area contributed by atoms with Crippen molar-refractivity contribution in [3.8, 4) is 0 Å². The average Bonchev–Trinajstić information content (AvgIpc) is 2.54. The Morgan fingerprint density at radius 1 is 1.15 bits per heavy atom. The molecule has 0 saturated carbocycles. The molecule has 0 saturated heterocycles. The number of rotatable bonds is 5. The van der Waals surface area contributed by atoms with E-state index in [1.165, 1.54) is 30.3 Å². The van der Waals surface area contributed by atoms with Gasteiger partial charge in [0.05, 0.1) is 16.8 Å². The van der Waals surface area contributed by atoms with Crippen LogP contribution in [0.25, 0.3) is 0 Å². The number of halogens is 4. The summed E-state index contributed by atoms with van der Waals surface area (Å²) in [7, 11) is 0. The summed E-state index contributed by atoms with van der Waals surface area (Å²) in [6, 6.07) is 8.54. The molecule has 2 N–H and O–H groups in total. The first kappa shape index (κ1) is 23.1. The first-order valence-electron chi connectivity index (χ1n) is 7.58. The molecule has 0 radical (unpaired) electrons. The van der Waals surface area contributed by atoms with Crippen molar-refractivity contribution >= 4 is 48.0 Å². The van der Waals surface area contributed by atoms with E-state index in [1.807, 2.05) is 0 Å². The third-order valence-corrected chi connectivity index (χ3v) is 3.98. The zero-order chi connectivity index (χ0) is 19.5. The summed E-state index contributed by atoms with van der Waals surface area (Å²) in [5.74, 6) is -2.27. The van der Waals surface area contributed by atoms with Crippen molar-refractivity contribution in [2.24, 2.45) is 5.92 Å². The van der Waals surface area contributed by atoms with Gasteiger partial charge in [0.15, 0.2) is 0 Å². The van der Waals surface area contributed by atoms with Crippen LogP contribution in [0.5, 0.6) is 0 Å². The van der Waals surface area contributed by atoms with Crippen molar-refractivity contribution in [2.75, 3.05) is 5.32 Å². The first-order chi connectivity index (χ1) is 12.1. The fourth-order valence-electron chi connectivity index (χ4n) is 2.34. The quantitative estimate of drug-likeness (QED) is 0.747. The van der Waals surface area contributed by atoms with Crippen molar-refractivity contribution in [3.05, 3.63) is 64.2 Å². The van der Waals surface area contributed by atoms with E-state index in [-0.39, 0.29) is 41.6 Å². The normalized spacial score (nSPS) is 12.0. The van der Waals surface area contributed by atoms with E-state index in [0.717, 1.165) is 12.1 Å². The summed E-state index contributed by atoms with van der Waals surface area (Å²) in [6.45, 7) is 1.60. The Kier molecular flexibility index (Phi) is 7.97. The van der Waals surface area contributed by atoms with Gasteiger partial charge in [-0.2, -0.15) is 13.2 Å². The summed E-state index contributed by atoms with van der Waals surface area (Å²) < 4.78 is 37.7. The molecular weight excluding hydrogens is 378 g/mol. The second kappa shape index (κ2) is 9.31. The van der Waals surface area contributed by atoms with Crippen molar-refractivity contribution in [3.63, 3.8) is 0 Å². The third-order valence-electron chi connectivity index (χ3n) is 3.74. The van der Waals surface area contributed by atoms with Gasteiger partial charge in [-0.3, -0.25) is 4.79 Å². The Morgan fingerprint density at radius 3 is 2.26 bits per heavy atom. The van der Waals surface area contributed by atoms with Gasteiger partial charge < -0.3 is 10.4 Å². The van der Waals surface area contributed by atoms with Crippen molar-refractivity contribution in [1.29, 1.82) is 0 Å². The number of carboxylic acids is 1. The van der Waals surface area contributed by atoms with Crippen molar-refractivity contribution < 1.29 is 27.9 Å². The van der Waals surface area contributed by atoms with Crippen molar-refractivity contribution in [2.45, 2.75) is 19.5 Å². The Balaban J connectivity index is 0.00000364. The third kappa shape index (κ3) is 6.31. The molecule has 1 atom stereocenters. The molecule has 0 heterocycles. The van der Waals surface area contributed by atoms with Crippen LogP contribution < -0.4 is 5.32 Å². The molecule has 2 rings (SSSR count). The average molecular weight is 394 g/mol. The van der Waals surface area contributed by atoms with Gasteiger partial charge in [-0.1, -0.05) is 30.7 Å². The Morgan fingerprint density at radius 2 is 1.74 bits per heavy atom. The maximum absolute atomic E-state index is 12.6. The predicted octanol–water partition coefficient (Wildman–Crippen LogP) is 4.23. The molecule has 140 valence electrons. The molecule has 0 aromatic heterocycles. The number of amides is 1. The van der Waals surface area contributed by atoms with Gasteiger partial charge in [-0.25, -0.2) is 4.79 Å². The number of nitrogens with one attached hydrogen (secondary N) is 1. The van der Waals surface area contributed by atoms with E-state index in [0.29, 0.717) is 5.56 Å². The first-order valence-corrected chi connectivity index (χ1v) is 7.95. The molecule has 1 unspecified atom stereocenters. The van der Waals surface area contributed by atoms with Crippen LogP contribution in [0, 0.1) is 5.92 Å². The Bertz CT molecular complexity index is 826. The number of hydrogen-bond donors (Lipinski definition) is 2. The summed E-state index contributed by atoms with van der Waals surface area (Å²) >= 11 is 5.83. The number of anilines is 1. The number of carboxylic acid groups (broad SMARTS) is 1. The standard InChI is InChI=1S/C18H15ClF3NO3.Li.H/c1-10(8-11-2-4-12(5-3-11)18(20,21)22)16(24)23-15-9-13(19)6-7-14(15)17(25)26;;/h2-7,9-10H,8H2,1H3,(H,23,24)(H,25,26);;. The zero-order valence-corrected chi connectivity index (χ0v) is 14.4. The second-order valence-corrected chi connectivity index (χ2v) is 6.22. The molecule has 0 aliphatic rings. The SMILES string of the molecule is CC(Cc1ccc(C(F)(F)F)cc1)C(=O)Nc1cc(Cl)ccc1C(=O)O.[LiH]. The molecule has 0 fully saturated rings. The molecule has 2 aromatic carbocycles. The van der Waals surface area contributed by atoms with E-state index in [4.69, 9.17) is 16.7 Å². The number of aromatic carboxylic acids is 1. The van der Waals surface area contributed by atoms with Crippen LogP contribution in [0.3, 0.4) is 0 Å². The summed E-state index contributed by atoms with van der Waals surface area (Å²) in [6.07, 6.45) is -4.21. The monoisotopic (exact) mass is 393 g/mol.